The summed E-state index contributed by atoms with van der Waals surface area (Å²) in [6.07, 6.45) is 1.06. The number of thiophene rings is 1. The number of ether oxygens (including phenoxy) is 1. The molecule has 0 fully saturated rings. The van der Waals surface area contributed by atoms with Crippen LogP contribution < -0.4 is 5.32 Å². The number of likely N-dealkylation sites (N-methyl/N-ethyl adjacent to an activating group) is 1. The first kappa shape index (κ1) is 12.9. The lowest BCUT2D eigenvalue weighted by molar-refractivity contribution is 0.134. The third kappa shape index (κ3) is 2.89. The molecular weight excluding hydrogens is 254 g/mol. The first-order chi connectivity index (χ1) is 9.36. The lowest BCUT2D eigenvalue weighted by Crippen LogP contribution is -2.22. The molecule has 0 saturated heterocycles. The molecule has 19 heavy (non-hydrogen) atoms. The fourth-order valence-corrected chi connectivity index (χ4v) is 3.34. The Kier molecular flexibility index (Phi) is 3.97. The lowest BCUT2D eigenvalue weighted by atomic mass is 9.98. The van der Waals surface area contributed by atoms with Gasteiger partial charge in [-0.3, -0.25) is 0 Å². The highest BCUT2D eigenvalue weighted by atomic mass is 32.1. The highest BCUT2D eigenvalue weighted by molar-refractivity contribution is 7.09. The summed E-state index contributed by atoms with van der Waals surface area (Å²) in [7, 11) is 0. The van der Waals surface area contributed by atoms with Gasteiger partial charge in [-0.2, -0.15) is 0 Å². The summed E-state index contributed by atoms with van der Waals surface area (Å²) in [6.45, 7) is 4.69. The van der Waals surface area contributed by atoms with Gasteiger partial charge in [-0.15, -0.1) is 11.3 Å². The van der Waals surface area contributed by atoms with Crippen molar-refractivity contribution >= 4 is 11.3 Å². The van der Waals surface area contributed by atoms with Crippen molar-refractivity contribution in [3.8, 4) is 0 Å². The standard InChI is InChI=1S/C16H19NOS/c1-2-17-16(9-15-4-3-7-19-15)12-5-6-13-10-18-11-14(13)8-12/h3-8,16-17H,2,9-11H2,1H3. The van der Waals surface area contributed by atoms with Crippen LogP contribution in [-0.4, -0.2) is 6.54 Å². The molecule has 0 bridgehead atoms. The summed E-state index contributed by atoms with van der Waals surface area (Å²) in [4.78, 5) is 1.43. The van der Waals surface area contributed by atoms with Gasteiger partial charge in [0.1, 0.15) is 0 Å². The van der Waals surface area contributed by atoms with Gasteiger partial charge >= 0.3 is 0 Å². The lowest BCUT2D eigenvalue weighted by Gasteiger charge is -2.18. The van der Waals surface area contributed by atoms with E-state index in [1.807, 2.05) is 11.3 Å². The van der Waals surface area contributed by atoms with Gasteiger partial charge in [-0.25, -0.2) is 0 Å². The molecule has 1 atom stereocenters. The molecule has 1 unspecified atom stereocenters. The number of rotatable bonds is 5. The zero-order valence-electron chi connectivity index (χ0n) is 11.2. The molecule has 1 aromatic carbocycles. The number of hydrogen-bond donors (Lipinski definition) is 1. The minimum atomic E-state index is 0.398. The van der Waals surface area contributed by atoms with Crippen molar-refractivity contribution in [3.05, 3.63) is 57.3 Å². The predicted octanol–water partition coefficient (Wildman–Crippen LogP) is 3.67. The first-order valence-electron chi connectivity index (χ1n) is 6.82. The van der Waals surface area contributed by atoms with Gasteiger partial charge in [0.25, 0.3) is 0 Å². The summed E-state index contributed by atoms with van der Waals surface area (Å²) in [5, 5.41) is 5.74. The molecule has 1 N–H and O–H groups in total. The molecule has 1 aliphatic heterocycles. The number of fused-ring (bicyclic) bond motifs is 1. The zero-order chi connectivity index (χ0) is 13.1. The molecule has 0 amide bonds. The van der Waals surface area contributed by atoms with Crippen LogP contribution in [0.1, 0.15) is 34.5 Å². The highest BCUT2D eigenvalue weighted by Gasteiger charge is 2.16. The molecule has 0 saturated carbocycles. The minimum absolute atomic E-state index is 0.398. The molecule has 3 heteroatoms. The van der Waals surface area contributed by atoms with E-state index in [2.05, 4.69) is 48.0 Å². The average molecular weight is 273 g/mol. The molecule has 1 aromatic heterocycles. The minimum Gasteiger partial charge on any atom is -0.372 e. The van der Waals surface area contributed by atoms with Crippen molar-refractivity contribution in [2.45, 2.75) is 32.6 Å². The van der Waals surface area contributed by atoms with E-state index in [1.54, 1.807) is 0 Å². The first-order valence-corrected chi connectivity index (χ1v) is 7.70. The quantitative estimate of drug-likeness (QED) is 0.897. The van der Waals surface area contributed by atoms with E-state index in [9.17, 15) is 0 Å². The summed E-state index contributed by atoms with van der Waals surface area (Å²) >= 11 is 1.83. The van der Waals surface area contributed by atoms with Crippen LogP contribution >= 0.6 is 11.3 Å². The van der Waals surface area contributed by atoms with E-state index in [-0.39, 0.29) is 0 Å². The molecule has 0 aliphatic carbocycles. The number of nitrogens with one attached hydrogen (secondary N) is 1. The van der Waals surface area contributed by atoms with Crippen molar-refractivity contribution < 1.29 is 4.74 Å². The topological polar surface area (TPSA) is 21.3 Å². The summed E-state index contributed by atoms with van der Waals surface area (Å²) in [5.41, 5.74) is 4.07. The van der Waals surface area contributed by atoms with E-state index in [4.69, 9.17) is 4.74 Å². The van der Waals surface area contributed by atoms with Gasteiger partial charge < -0.3 is 10.1 Å². The fourth-order valence-electron chi connectivity index (χ4n) is 2.59. The van der Waals surface area contributed by atoms with Gasteiger partial charge in [-0.05, 0) is 34.7 Å². The van der Waals surface area contributed by atoms with Crippen molar-refractivity contribution in [2.24, 2.45) is 0 Å². The smallest absolute Gasteiger partial charge is 0.0725 e. The van der Waals surface area contributed by atoms with Crippen LogP contribution in [0.15, 0.2) is 35.7 Å². The zero-order valence-corrected chi connectivity index (χ0v) is 12.0. The van der Waals surface area contributed by atoms with E-state index in [1.165, 1.54) is 21.6 Å². The molecule has 2 aromatic rings. The maximum absolute atomic E-state index is 5.50. The maximum Gasteiger partial charge on any atom is 0.0725 e. The van der Waals surface area contributed by atoms with E-state index in [0.717, 1.165) is 26.2 Å². The normalized spacial score (nSPS) is 15.4. The van der Waals surface area contributed by atoms with E-state index >= 15 is 0 Å². The van der Waals surface area contributed by atoms with Crippen LogP contribution in [0.2, 0.25) is 0 Å². The molecule has 0 spiro atoms. The van der Waals surface area contributed by atoms with Crippen LogP contribution in [0.5, 0.6) is 0 Å². The molecular formula is C16H19NOS. The van der Waals surface area contributed by atoms with Crippen molar-refractivity contribution in [3.63, 3.8) is 0 Å². The van der Waals surface area contributed by atoms with Crippen molar-refractivity contribution in [1.82, 2.24) is 5.32 Å². The molecule has 2 heterocycles. The SMILES string of the molecule is CCNC(Cc1cccs1)c1ccc2c(c1)COC2. The van der Waals surface area contributed by atoms with Crippen molar-refractivity contribution in [2.75, 3.05) is 6.54 Å². The Morgan fingerprint density at radius 2 is 2.16 bits per heavy atom. The number of hydrogen-bond acceptors (Lipinski definition) is 3. The fraction of sp³-hybridized carbons (Fsp3) is 0.375. The second-order valence-electron chi connectivity index (χ2n) is 4.91. The third-order valence-electron chi connectivity index (χ3n) is 3.58. The monoisotopic (exact) mass is 273 g/mol. The Morgan fingerprint density at radius 1 is 1.26 bits per heavy atom. The van der Waals surface area contributed by atoms with Gasteiger partial charge in [0.15, 0.2) is 0 Å². The van der Waals surface area contributed by atoms with Gasteiger partial charge in [0.05, 0.1) is 13.2 Å². The summed E-state index contributed by atoms with van der Waals surface area (Å²) in [5.74, 6) is 0. The second-order valence-corrected chi connectivity index (χ2v) is 5.95. The van der Waals surface area contributed by atoms with Gasteiger partial charge in [0, 0.05) is 17.3 Å². The predicted molar refractivity (Wildman–Crippen MR) is 79.4 cm³/mol. The van der Waals surface area contributed by atoms with E-state index < -0.39 is 0 Å². The average Bonchev–Trinajstić information content (AvgIpc) is 3.08. The second kappa shape index (κ2) is 5.87. The Morgan fingerprint density at radius 3 is 2.95 bits per heavy atom. The van der Waals surface area contributed by atoms with Crippen LogP contribution in [0.3, 0.4) is 0 Å². The Balaban J connectivity index is 1.83. The largest absolute Gasteiger partial charge is 0.372 e. The van der Waals surface area contributed by atoms with Gasteiger partial charge in [-0.1, -0.05) is 31.2 Å². The molecule has 1 aliphatic rings. The van der Waals surface area contributed by atoms with Crippen LogP contribution in [0.4, 0.5) is 0 Å². The molecule has 2 nitrogen and oxygen atoms in total. The van der Waals surface area contributed by atoms with Crippen LogP contribution in [0, 0.1) is 0 Å². The maximum atomic E-state index is 5.50. The molecule has 0 radical (unpaired) electrons. The Labute approximate surface area is 118 Å². The van der Waals surface area contributed by atoms with E-state index in [0.29, 0.717) is 6.04 Å². The van der Waals surface area contributed by atoms with Crippen molar-refractivity contribution in [1.29, 1.82) is 0 Å². The molecule has 3 rings (SSSR count). The summed E-state index contributed by atoms with van der Waals surface area (Å²) in [6, 6.07) is 11.5. The molecule has 100 valence electrons. The Hall–Kier alpha value is -1.16. The highest BCUT2D eigenvalue weighted by Crippen LogP contribution is 2.26. The summed E-state index contributed by atoms with van der Waals surface area (Å²) < 4.78 is 5.50. The third-order valence-corrected chi connectivity index (χ3v) is 4.48. The Bertz CT molecular complexity index is 536. The van der Waals surface area contributed by atoms with Crippen LogP contribution in [-0.2, 0) is 24.4 Å². The van der Waals surface area contributed by atoms with Gasteiger partial charge in [0.2, 0.25) is 0 Å². The number of benzene rings is 1. The van der Waals surface area contributed by atoms with Crippen LogP contribution in [0.25, 0.3) is 0 Å².